The number of non-ortho nitro benzene ring substituents is 1. The first-order valence-corrected chi connectivity index (χ1v) is 8.77. The number of benzene rings is 2. The molecule has 0 radical (unpaired) electrons. The molecule has 31 heavy (non-hydrogen) atoms. The van der Waals surface area contributed by atoms with E-state index in [1.165, 1.54) is 6.07 Å². The zero-order chi connectivity index (χ0) is 22.5. The number of hydrogen-bond donors (Lipinski definition) is 1. The predicted octanol–water partition coefficient (Wildman–Crippen LogP) is 2.31. The molecule has 2 aliphatic rings. The second kappa shape index (κ2) is 7.00. The smallest absolute Gasteiger partial charge is 0.296 e. The summed E-state index contributed by atoms with van der Waals surface area (Å²) in [6.07, 6.45) is -4.81. The molecule has 0 spiro atoms. The number of fused-ring (bicyclic) bond motifs is 1. The zero-order valence-corrected chi connectivity index (χ0v) is 15.3. The van der Waals surface area contributed by atoms with E-state index in [0.29, 0.717) is 4.90 Å². The van der Waals surface area contributed by atoms with Crippen LogP contribution in [-0.2, 0) is 15.8 Å². The van der Waals surface area contributed by atoms with Gasteiger partial charge >= 0.3 is 6.18 Å². The molecule has 1 N–H and O–H groups in total. The van der Waals surface area contributed by atoms with Gasteiger partial charge < -0.3 is 0 Å². The number of para-hydroxylation sites is 1. The molecule has 2 atom stereocenters. The number of nitro benzene ring substituents is 1. The summed E-state index contributed by atoms with van der Waals surface area (Å²) in [5.41, 5.74) is -0.0978. The van der Waals surface area contributed by atoms with Crippen LogP contribution in [0.25, 0.3) is 0 Å². The number of imide groups is 1. The highest BCUT2D eigenvalue weighted by molar-refractivity contribution is 6.52. The van der Waals surface area contributed by atoms with Gasteiger partial charge in [-0.05, 0) is 24.3 Å². The average molecular weight is 432 g/mol. The molecule has 2 amide bonds. The number of carbonyl (C=O) groups excluding carboxylic acids is 3. The molecular formula is C19H11F3N4O5. The van der Waals surface area contributed by atoms with Gasteiger partial charge in [0.05, 0.1) is 16.2 Å². The maximum atomic E-state index is 13.4. The van der Waals surface area contributed by atoms with Crippen molar-refractivity contribution >= 4 is 34.7 Å². The van der Waals surface area contributed by atoms with E-state index in [2.05, 4.69) is 10.5 Å². The van der Waals surface area contributed by atoms with E-state index in [1.807, 2.05) is 0 Å². The maximum Gasteiger partial charge on any atom is 0.418 e. The van der Waals surface area contributed by atoms with Crippen LogP contribution in [0.5, 0.6) is 0 Å². The Balaban J connectivity index is 1.67. The van der Waals surface area contributed by atoms with Crippen LogP contribution in [0, 0.1) is 16.0 Å². The fourth-order valence-corrected chi connectivity index (χ4v) is 3.51. The summed E-state index contributed by atoms with van der Waals surface area (Å²) < 4.78 is 40.1. The van der Waals surface area contributed by atoms with Crippen LogP contribution >= 0.6 is 0 Å². The molecule has 0 aliphatic carbocycles. The second-order valence-corrected chi connectivity index (χ2v) is 6.74. The molecule has 1 fully saturated rings. The summed E-state index contributed by atoms with van der Waals surface area (Å²) in [6, 6.07) is 7.28. The summed E-state index contributed by atoms with van der Waals surface area (Å²) in [4.78, 5) is 49.0. The quantitative estimate of drug-likeness (QED) is 0.343. The van der Waals surface area contributed by atoms with Gasteiger partial charge in [-0.1, -0.05) is 12.1 Å². The van der Waals surface area contributed by atoms with E-state index in [9.17, 15) is 37.7 Å². The van der Waals surface area contributed by atoms with Gasteiger partial charge in [0.25, 0.3) is 11.6 Å². The molecule has 158 valence electrons. The number of hydrogen-bond acceptors (Lipinski definition) is 7. The molecular weight excluding hydrogens is 421 g/mol. The van der Waals surface area contributed by atoms with Gasteiger partial charge in [-0.15, -0.1) is 0 Å². The highest BCUT2D eigenvalue weighted by Crippen LogP contribution is 2.40. The average Bonchev–Trinajstić information content (AvgIpc) is 3.27. The molecule has 12 heteroatoms. The van der Waals surface area contributed by atoms with Crippen LogP contribution in [0.1, 0.15) is 15.9 Å². The number of ketones is 1. The Morgan fingerprint density at radius 1 is 1.06 bits per heavy atom. The molecule has 0 aromatic heterocycles. The minimum absolute atomic E-state index is 0.0267. The van der Waals surface area contributed by atoms with Crippen LogP contribution in [0.2, 0.25) is 0 Å². The van der Waals surface area contributed by atoms with E-state index < -0.39 is 51.9 Å². The number of amides is 2. The van der Waals surface area contributed by atoms with E-state index in [-0.39, 0.29) is 17.0 Å². The number of anilines is 1. The monoisotopic (exact) mass is 432 g/mol. The van der Waals surface area contributed by atoms with Crippen molar-refractivity contribution in [3.63, 3.8) is 0 Å². The summed E-state index contributed by atoms with van der Waals surface area (Å²) in [5, 5.41) is 14.5. The van der Waals surface area contributed by atoms with Gasteiger partial charge in [0.1, 0.15) is 17.7 Å². The Labute approximate surface area is 171 Å². The summed E-state index contributed by atoms with van der Waals surface area (Å²) in [7, 11) is 0. The van der Waals surface area contributed by atoms with E-state index in [4.69, 9.17) is 0 Å². The summed E-state index contributed by atoms with van der Waals surface area (Å²) in [5.74, 6) is -4.19. The lowest BCUT2D eigenvalue weighted by Gasteiger charge is -2.20. The molecule has 4 rings (SSSR count). The Bertz CT molecular complexity index is 1160. The van der Waals surface area contributed by atoms with Crippen molar-refractivity contribution in [1.29, 1.82) is 0 Å². The number of halogens is 3. The van der Waals surface area contributed by atoms with Gasteiger partial charge in [-0.25, -0.2) is 4.90 Å². The van der Waals surface area contributed by atoms with Crippen molar-refractivity contribution in [2.24, 2.45) is 11.0 Å². The fourth-order valence-electron chi connectivity index (χ4n) is 3.51. The molecule has 9 nitrogen and oxygen atoms in total. The minimum Gasteiger partial charge on any atom is -0.296 e. The Morgan fingerprint density at radius 3 is 2.32 bits per heavy atom. The number of Topliss-reactive ketones (excluding diaryl/α,β-unsaturated/α-hetero) is 1. The highest BCUT2D eigenvalue weighted by atomic mass is 19.4. The van der Waals surface area contributed by atoms with Crippen molar-refractivity contribution in [2.75, 3.05) is 4.90 Å². The Morgan fingerprint density at radius 2 is 1.71 bits per heavy atom. The van der Waals surface area contributed by atoms with Gasteiger partial charge in [0, 0.05) is 17.7 Å². The molecule has 2 aromatic carbocycles. The fraction of sp³-hybridized carbons (Fsp3) is 0.158. The van der Waals surface area contributed by atoms with Gasteiger partial charge in [-0.3, -0.25) is 29.9 Å². The molecule has 1 saturated heterocycles. The Hall–Kier alpha value is -4.09. The third kappa shape index (κ3) is 3.21. The minimum atomic E-state index is -4.81. The molecule has 2 aromatic rings. The lowest BCUT2D eigenvalue weighted by molar-refractivity contribution is -0.384. The number of alkyl halides is 3. The number of nitro groups is 1. The molecule has 0 bridgehead atoms. The van der Waals surface area contributed by atoms with Crippen molar-refractivity contribution in [2.45, 2.75) is 12.2 Å². The normalized spacial score (nSPS) is 20.4. The van der Waals surface area contributed by atoms with E-state index in [1.54, 1.807) is 0 Å². The molecule has 0 saturated carbocycles. The van der Waals surface area contributed by atoms with Crippen molar-refractivity contribution in [3.05, 3.63) is 69.8 Å². The van der Waals surface area contributed by atoms with Crippen LogP contribution in [-0.4, -0.2) is 34.3 Å². The number of hydrazone groups is 1. The predicted molar refractivity (Wildman–Crippen MR) is 99.2 cm³/mol. The highest BCUT2D eigenvalue weighted by Gasteiger charge is 2.56. The third-order valence-electron chi connectivity index (χ3n) is 4.95. The van der Waals surface area contributed by atoms with Crippen molar-refractivity contribution in [3.8, 4) is 0 Å². The maximum absolute atomic E-state index is 13.4. The first-order valence-electron chi connectivity index (χ1n) is 8.77. The van der Waals surface area contributed by atoms with Crippen LogP contribution in [0.4, 0.5) is 24.5 Å². The lowest BCUT2D eigenvalue weighted by atomic mass is 9.92. The third-order valence-corrected chi connectivity index (χ3v) is 4.95. The zero-order valence-electron chi connectivity index (χ0n) is 15.3. The van der Waals surface area contributed by atoms with Crippen LogP contribution in [0.15, 0.2) is 53.6 Å². The topological polar surface area (TPSA) is 122 Å². The van der Waals surface area contributed by atoms with Gasteiger partial charge in [0.15, 0.2) is 0 Å². The van der Waals surface area contributed by atoms with Crippen molar-refractivity contribution in [1.82, 2.24) is 5.43 Å². The first kappa shape index (κ1) is 20.2. The second-order valence-electron chi connectivity index (χ2n) is 6.74. The first-order chi connectivity index (χ1) is 14.6. The van der Waals surface area contributed by atoms with Crippen LogP contribution in [0.3, 0.4) is 0 Å². The molecule has 2 aliphatic heterocycles. The molecule has 0 unspecified atom stereocenters. The SMILES string of the molecule is O=C(C1=NN[C@H]2C(=O)N(c3ccccc3C(F)(F)F)C(=O)[C@@H]12)c1ccc([N+](=O)[O-])cc1. The van der Waals surface area contributed by atoms with Gasteiger partial charge in [0.2, 0.25) is 11.7 Å². The largest absolute Gasteiger partial charge is 0.418 e. The number of carbonyl (C=O) groups is 3. The number of nitrogens with one attached hydrogen (secondary N) is 1. The lowest BCUT2D eigenvalue weighted by Crippen LogP contribution is -2.37. The van der Waals surface area contributed by atoms with Gasteiger partial charge in [-0.2, -0.15) is 18.3 Å². The standard InChI is InChI=1S/C19H11F3N4O5/c20-19(21,22)11-3-1-2-4-12(11)25-17(28)13-14(23-24-15(13)18(25)29)16(27)9-5-7-10(8-6-9)26(30)31/h1-8,13,15,24H/t13-,15+/m0/s1. The number of rotatable bonds is 4. The van der Waals surface area contributed by atoms with E-state index in [0.717, 1.165) is 42.5 Å². The Kier molecular flexibility index (Phi) is 4.56. The number of nitrogens with zero attached hydrogens (tertiary/aromatic N) is 3. The van der Waals surface area contributed by atoms with E-state index >= 15 is 0 Å². The summed E-state index contributed by atoms with van der Waals surface area (Å²) in [6.45, 7) is 0. The summed E-state index contributed by atoms with van der Waals surface area (Å²) >= 11 is 0. The van der Waals surface area contributed by atoms with Crippen molar-refractivity contribution < 1.29 is 32.5 Å². The molecule has 2 heterocycles. The van der Waals surface area contributed by atoms with Crippen LogP contribution < -0.4 is 10.3 Å².